The number of nitriles is 1. The lowest BCUT2D eigenvalue weighted by molar-refractivity contribution is 0.211. The van der Waals surface area contributed by atoms with E-state index in [9.17, 15) is 10.4 Å². The number of nitrogens with zero attached hydrogens (tertiary/aromatic N) is 4. The van der Waals surface area contributed by atoms with Crippen molar-refractivity contribution in [2.75, 3.05) is 31.3 Å². The molecule has 0 unspecified atom stereocenters. The number of aliphatic hydroxyl groups excluding tert-OH is 1. The number of benzene rings is 1. The Morgan fingerprint density at radius 1 is 1.35 bits per heavy atom. The van der Waals surface area contributed by atoms with E-state index in [0.717, 1.165) is 10.2 Å². The number of aliphatic hydroxyl groups is 1. The molecular weight excluding hydrogens is 390 g/mol. The quantitative estimate of drug-likeness (QED) is 0.252. The van der Waals surface area contributed by atoms with Crippen LogP contribution in [0, 0.1) is 11.3 Å². The van der Waals surface area contributed by atoms with E-state index in [1.54, 1.807) is 7.11 Å². The van der Waals surface area contributed by atoms with Crippen molar-refractivity contribution in [2.45, 2.75) is 4.34 Å². The third-order valence-corrected chi connectivity index (χ3v) is 6.31. The summed E-state index contributed by atoms with van der Waals surface area (Å²) in [6.07, 6.45) is 0. The van der Waals surface area contributed by atoms with Gasteiger partial charge in [-0.25, -0.2) is 4.98 Å². The normalized spacial score (nSPS) is 12.0. The highest BCUT2D eigenvalue weighted by Crippen LogP contribution is 2.31. The van der Waals surface area contributed by atoms with Gasteiger partial charge in [0.2, 0.25) is 5.13 Å². The number of anilines is 1. The Hall–Kier alpha value is -2.19. The number of methoxy groups -OCH3 is 1. The first-order chi connectivity index (χ1) is 12.7. The first-order valence-electron chi connectivity index (χ1n) is 7.58. The summed E-state index contributed by atoms with van der Waals surface area (Å²) in [6, 6.07) is 9.70. The SMILES string of the molecule is COCCNc1nnc(SC/C(O)=C(\C#N)c2nc3ccccc3s2)s1. The molecule has 0 bridgehead atoms. The molecule has 0 spiro atoms. The Balaban J connectivity index is 1.68. The Morgan fingerprint density at radius 3 is 2.96 bits per heavy atom. The molecule has 2 N–H and O–H groups in total. The molecule has 0 fully saturated rings. The highest BCUT2D eigenvalue weighted by Gasteiger charge is 2.15. The molecule has 0 saturated heterocycles. The number of para-hydroxylation sites is 1. The van der Waals surface area contributed by atoms with Gasteiger partial charge in [0.05, 0.1) is 22.6 Å². The van der Waals surface area contributed by atoms with Gasteiger partial charge in [0.1, 0.15) is 22.4 Å². The lowest BCUT2D eigenvalue weighted by Crippen LogP contribution is -2.06. The standard InChI is InChI=1S/C16H15N5O2S3/c1-23-7-6-18-15-20-21-16(26-15)24-9-12(22)10(8-17)14-19-11-4-2-3-5-13(11)25-14/h2-5,22H,6-7,9H2,1H3,(H,18,20)/b12-10-. The maximum absolute atomic E-state index is 10.4. The van der Waals surface area contributed by atoms with Gasteiger partial charge in [-0.1, -0.05) is 35.2 Å². The highest BCUT2D eigenvalue weighted by molar-refractivity contribution is 8.01. The Kier molecular flexibility index (Phi) is 6.40. The van der Waals surface area contributed by atoms with Gasteiger partial charge in [0, 0.05) is 13.7 Å². The molecule has 1 aromatic carbocycles. The van der Waals surface area contributed by atoms with Crippen LogP contribution in [0.15, 0.2) is 34.4 Å². The van der Waals surface area contributed by atoms with Crippen LogP contribution in [0.3, 0.4) is 0 Å². The minimum atomic E-state index is -0.0133. The lowest BCUT2D eigenvalue weighted by Gasteiger charge is -2.00. The molecule has 0 aliphatic heterocycles. The number of aromatic nitrogens is 3. The number of rotatable bonds is 8. The smallest absolute Gasteiger partial charge is 0.206 e. The van der Waals surface area contributed by atoms with Gasteiger partial charge in [0.15, 0.2) is 4.34 Å². The third kappa shape index (κ3) is 4.50. The topological polar surface area (TPSA) is 104 Å². The number of fused-ring (bicyclic) bond motifs is 1. The second-order valence-electron chi connectivity index (χ2n) is 5.00. The molecule has 3 aromatic rings. The minimum absolute atomic E-state index is 0.0133. The van der Waals surface area contributed by atoms with Gasteiger partial charge < -0.3 is 15.2 Å². The van der Waals surface area contributed by atoms with Crippen molar-refractivity contribution in [3.63, 3.8) is 0 Å². The number of ether oxygens (including phenoxy) is 1. The fourth-order valence-corrected chi connectivity index (χ4v) is 4.65. The Morgan fingerprint density at radius 2 is 2.19 bits per heavy atom. The predicted octanol–water partition coefficient (Wildman–Crippen LogP) is 3.79. The fraction of sp³-hybridized carbons (Fsp3) is 0.250. The summed E-state index contributed by atoms with van der Waals surface area (Å²) in [5, 5.41) is 32.2. The first kappa shape index (κ1) is 18.6. The van der Waals surface area contributed by atoms with Crippen molar-refractivity contribution in [1.82, 2.24) is 15.2 Å². The van der Waals surface area contributed by atoms with Crippen LogP contribution in [0.5, 0.6) is 0 Å². The zero-order chi connectivity index (χ0) is 18.4. The van der Waals surface area contributed by atoms with E-state index in [1.807, 2.05) is 24.3 Å². The number of thioether (sulfide) groups is 1. The van der Waals surface area contributed by atoms with Crippen LogP contribution in [-0.2, 0) is 4.74 Å². The molecule has 10 heteroatoms. The van der Waals surface area contributed by atoms with E-state index >= 15 is 0 Å². The van der Waals surface area contributed by atoms with Crippen LogP contribution in [0.25, 0.3) is 15.8 Å². The Labute approximate surface area is 162 Å². The van der Waals surface area contributed by atoms with Crippen molar-refractivity contribution >= 4 is 55.4 Å². The number of nitrogens with one attached hydrogen (secondary N) is 1. The van der Waals surface area contributed by atoms with Gasteiger partial charge in [-0.15, -0.1) is 21.5 Å². The molecular formula is C16H15N5O2S3. The summed E-state index contributed by atoms with van der Waals surface area (Å²) in [7, 11) is 1.64. The largest absolute Gasteiger partial charge is 0.510 e. The van der Waals surface area contributed by atoms with E-state index in [0.29, 0.717) is 27.6 Å². The third-order valence-electron chi connectivity index (χ3n) is 3.23. The summed E-state index contributed by atoms with van der Waals surface area (Å²) in [5.41, 5.74) is 1.01. The molecule has 0 saturated carbocycles. The van der Waals surface area contributed by atoms with Gasteiger partial charge in [-0.2, -0.15) is 5.26 Å². The number of hydrogen-bond acceptors (Lipinski definition) is 10. The average molecular weight is 406 g/mol. The monoisotopic (exact) mass is 405 g/mol. The van der Waals surface area contributed by atoms with Crippen LogP contribution in [-0.4, -0.2) is 46.3 Å². The van der Waals surface area contributed by atoms with Crippen molar-refractivity contribution < 1.29 is 9.84 Å². The van der Waals surface area contributed by atoms with E-state index in [2.05, 4.69) is 26.6 Å². The molecule has 0 atom stereocenters. The second-order valence-corrected chi connectivity index (χ2v) is 8.23. The van der Waals surface area contributed by atoms with Crippen LogP contribution < -0.4 is 5.32 Å². The van der Waals surface area contributed by atoms with Crippen molar-refractivity contribution in [3.8, 4) is 6.07 Å². The lowest BCUT2D eigenvalue weighted by atomic mass is 10.2. The van der Waals surface area contributed by atoms with Crippen molar-refractivity contribution in [3.05, 3.63) is 35.0 Å². The molecule has 2 aromatic heterocycles. The molecule has 3 rings (SSSR count). The van der Waals surface area contributed by atoms with Crippen LogP contribution >= 0.6 is 34.4 Å². The van der Waals surface area contributed by atoms with Crippen LogP contribution in [0.1, 0.15) is 5.01 Å². The maximum atomic E-state index is 10.4. The molecule has 0 radical (unpaired) electrons. The van der Waals surface area contributed by atoms with E-state index in [4.69, 9.17) is 4.74 Å². The summed E-state index contributed by atoms with van der Waals surface area (Å²) in [4.78, 5) is 4.43. The molecule has 26 heavy (non-hydrogen) atoms. The zero-order valence-electron chi connectivity index (χ0n) is 13.8. The molecule has 0 aliphatic rings. The highest BCUT2D eigenvalue weighted by atomic mass is 32.2. The van der Waals surface area contributed by atoms with E-state index < -0.39 is 0 Å². The Bertz CT molecular complexity index is 927. The summed E-state index contributed by atoms with van der Waals surface area (Å²) in [6.45, 7) is 1.23. The van der Waals surface area contributed by atoms with Crippen LogP contribution in [0.4, 0.5) is 5.13 Å². The second kappa shape index (κ2) is 8.95. The van der Waals surface area contributed by atoms with Gasteiger partial charge in [-0.3, -0.25) is 0 Å². The van der Waals surface area contributed by atoms with Crippen molar-refractivity contribution in [1.29, 1.82) is 5.26 Å². The number of hydrogen-bond donors (Lipinski definition) is 2. The molecule has 2 heterocycles. The van der Waals surface area contributed by atoms with E-state index in [1.165, 1.54) is 34.4 Å². The molecule has 7 nitrogen and oxygen atoms in total. The summed E-state index contributed by atoms with van der Waals surface area (Å²) in [5.74, 6) is 0.214. The number of allylic oxidation sites excluding steroid dienone is 1. The van der Waals surface area contributed by atoms with Crippen molar-refractivity contribution in [2.24, 2.45) is 0 Å². The minimum Gasteiger partial charge on any atom is -0.510 e. The summed E-state index contributed by atoms with van der Waals surface area (Å²) >= 11 is 4.10. The fourth-order valence-electron chi connectivity index (χ4n) is 2.02. The predicted molar refractivity (Wildman–Crippen MR) is 106 cm³/mol. The van der Waals surface area contributed by atoms with Gasteiger partial charge in [0.25, 0.3) is 0 Å². The molecule has 0 aliphatic carbocycles. The maximum Gasteiger partial charge on any atom is 0.206 e. The number of thiazole rings is 1. The first-order valence-corrected chi connectivity index (χ1v) is 10.2. The zero-order valence-corrected chi connectivity index (χ0v) is 16.2. The van der Waals surface area contributed by atoms with Crippen LogP contribution in [0.2, 0.25) is 0 Å². The molecule has 0 amide bonds. The van der Waals surface area contributed by atoms with E-state index in [-0.39, 0.29) is 17.1 Å². The summed E-state index contributed by atoms with van der Waals surface area (Å²) < 4.78 is 6.65. The average Bonchev–Trinajstić information content (AvgIpc) is 3.27. The molecule has 134 valence electrons. The van der Waals surface area contributed by atoms with Gasteiger partial charge >= 0.3 is 0 Å². The van der Waals surface area contributed by atoms with Gasteiger partial charge in [-0.05, 0) is 12.1 Å².